The van der Waals surface area contributed by atoms with Crippen LogP contribution in [-0.2, 0) is 0 Å². The van der Waals surface area contributed by atoms with Gasteiger partial charge in [0.15, 0.2) is 0 Å². The largest absolute Gasteiger partial charge is 0.497 e. The monoisotopic (exact) mass is 274 g/mol. The number of hydrogen-bond acceptors (Lipinski definition) is 3. The van der Waals surface area contributed by atoms with Crippen LogP contribution in [0.25, 0.3) is 5.70 Å². The quantitative estimate of drug-likeness (QED) is 0.488. The van der Waals surface area contributed by atoms with Gasteiger partial charge in [0, 0.05) is 11.9 Å². The minimum atomic E-state index is 0.579. The molecule has 0 saturated carbocycles. The molecule has 0 spiro atoms. The summed E-state index contributed by atoms with van der Waals surface area (Å²) in [5.74, 6) is 0.732. The molecule has 102 valence electrons. The van der Waals surface area contributed by atoms with Crippen LogP contribution in [0.4, 0.5) is 0 Å². The molecule has 0 fully saturated rings. The van der Waals surface area contributed by atoms with Gasteiger partial charge in [0.1, 0.15) is 19.3 Å². The first-order valence-electron chi connectivity index (χ1n) is 6.46. The van der Waals surface area contributed by atoms with Crippen LogP contribution < -0.4 is 10.2 Å². The summed E-state index contributed by atoms with van der Waals surface area (Å²) in [6.07, 6.45) is 1.71. The highest BCUT2D eigenvalue weighted by molar-refractivity contribution is 6.37. The summed E-state index contributed by atoms with van der Waals surface area (Å²) < 4.78 is 5.22. The number of aromatic nitrogens is 1. The Labute approximate surface area is 126 Å². The van der Waals surface area contributed by atoms with E-state index < -0.39 is 0 Å². The Kier molecular flexibility index (Phi) is 4.75. The van der Waals surface area contributed by atoms with Gasteiger partial charge in [-0.05, 0) is 36.8 Å². The van der Waals surface area contributed by atoms with E-state index in [9.17, 15) is 0 Å². The number of nitrogens with zero attached hydrogens (tertiary/aromatic N) is 2. The van der Waals surface area contributed by atoms with Crippen LogP contribution in [0.3, 0.4) is 0 Å². The summed E-state index contributed by atoms with van der Waals surface area (Å²) in [6.45, 7) is 5.56. The molecule has 21 heavy (non-hydrogen) atoms. The van der Waals surface area contributed by atoms with Gasteiger partial charge in [-0.1, -0.05) is 29.9 Å². The van der Waals surface area contributed by atoms with Gasteiger partial charge in [0.25, 0.3) is 0 Å². The topological polar surface area (TPSA) is 34.5 Å². The fourth-order valence-electron chi connectivity index (χ4n) is 1.89. The highest BCUT2D eigenvalue weighted by atomic mass is 16.5. The van der Waals surface area contributed by atoms with Crippen molar-refractivity contribution in [3.63, 3.8) is 0 Å². The Bertz CT molecular complexity index is 717. The van der Waals surface area contributed by atoms with Gasteiger partial charge < -0.3 is 4.74 Å². The lowest BCUT2D eigenvalue weighted by molar-refractivity contribution is 0.415. The van der Waals surface area contributed by atoms with Gasteiger partial charge in [0.05, 0.1) is 12.8 Å². The summed E-state index contributed by atoms with van der Waals surface area (Å²) in [6, 6.07) is 11.1. The van der Waals surface area contributed by atoms with Crippen molar-refractivity contribution in [1.82, 2.24) is 4.98 Å². The molecule has 2 radical (unpaired) electrons. The maximum atomic E-state index is 6.00. The number of benzene rings is 1. The highest BCUT2D eigenvalue weighted by Crippen LogP contribution is 2.15. The normalized spacial score (nSPS) is 10.9. The number of rotatable bonds is 4. The van der Waals surface area contributed by atoms with E-state index in [0.717, 1.165) is 17.0 Å². The first kappa shape index (κ1) is 14.8. The zero-order valence-electron chi connectivity index (χ0n) is 12.1. The number of ether oxygens (including phenoxy) is 1. The van der Waals surface area contributed by atoms with Gasteiger partial charge >= 0.3 is 0 Å². The van der Waals surface area contributed by atoms with E-state index >= 15 is 0 Å². The maximum absolute atomic E-state index is 6.00. The molecule has 0 amide bonds. The summed E-state index contributed by atoms with van der Waals surface area (Å²) in [7, 11) is 7.62. The third-order valence-corrected chi connectivity index (χ3v) is 3.00. The Morgan fingerprint density at radius 1 is 1.33 bits per heavy atom. The molecule has 1 aromatic carbocycles. The summed E-state index contributed by atoms with van der Waals surface area (Å²) in [4.78, 5) is 8.78. The lowest BCUT2D eigenvalue weighted by atomic mass is 9.88. The number of methoxy groups -OCH3 is 1. The lowest BCUT2D eigenvalue weighted by Gasteiger charge is -2.09. The fourth-order valence-corrected chi connectivity index (χ4v) is 1.89. The molecule has 0 aliphatic heterocycles. The Hall–Kier alpha value is -2.58. The van der Waals surface area contributed by atoms with Gasteiger partial charge in [-0.3, -0.25) is 4.98 Å². The van der Waals surface area contributed by atoms with E-state index in [-0.39, 0.29) is 0 Å². The molecule has 0 unspecified atom stereocenters. The van der Waals surface area contributed by atoms with E-state index in [0.29, 0.717) is 16.9 Å². The standard InChI is InChI=1S/C17H15BN2O/c1-4-16(17-7-5-6-10-19-17)20-12(2)14-11-13(21-3)8-9-15(14)18/h5-11H,1H2,2-3H3. The molecule has 1 aromatic heterocycles. The molecule has 0 bridgehead atoms. The summed E-state index contributed by atoms with van der Waals surface area (Å²) in [5, 5.41) is 0. The van der Waals surface area contributed by atoms with Gasteiger partial charge in [-0.25, -0.2) is 4.99 Å². The fraction of sp³-hybridized carbons (Fsp3) is 0.118. The van der Waals surface area contributed by atoms with Gasteiger partial charge in [-0.2, -0.15) is 0 Å². The average molecular weight is 274 g/mol. The van der Waals surface area contributed by atoms with Crippen LogP contribution >= 0.6 is 0 Å². The van der Waals surface area contributed by atoms with Crippen LogP contribution in [0.15, 0.2) is 59.9 Å². The lowest BCUT2D eigenvalue weighted by Crippen LogP contribution is -2.14. The molecule has 0 N–H and O–H groups in total. The van der Waals surface area contributed by atoms with Crippen molar-refractivity contribution < 1.29 is 4.74 Å². The summed E-state index contributed by atoms with van der Waals surface area (Å²) in [5.41, 5.74) is 6.32. The van der Waals surface area contributed by atoms with E-state index in [1.54, 1.807) is 19.4 Å². The number of hydrogen-bond donors (Lipinski definition) is 0. The number of aliphatic imine (C=N–C) groups is 1. The van der Waals surface area contributed by atoms with Gasteiger partial charge in [-0.15, -0.1) is 0 Å². The van der Waals surface area contributed by atoms with Crippen LogP contribution in [0, 0.1) is 0 Å². The summed E-state index contributed by atoms with van der Waals surface area (Å²) >= 11 is 0. The van der Waals surface area contributed by atoms with E-state index in [4.69, 9.17) is 12.6 Å². The smallest absolute Gasteiger partial charge is 0.130 e. The van der Waals surface area contributed by atoms with Crippen LogP contribution in [0.1, 0.15) is 18.2 Å². The van der Waals surface area contributed by atoms with Crippen LogP contribution in [0.2, 0.25) is 0 Å². The predicted molar refractivity (Wildman–Crippen MR) is 87.4 cm³/mol. The van der Waals surface area contributed by atoms with E-state index in [1.165, 1.54) is 0 Å². The molecule has 1 heterocycles. The molecule has 0 aliphatic rings. The average Bonchev–Trinajstić information content (AvgIpc) is 2.53. The molecule has 0 aliphatic carbocycles. The minimum Gasteiger partial charge on any atom is -0.497 e. The van der Waals surface area contributed by atoms with E-state index in [2.05, 4.69) is 22.3 Å². The molecular weight excluding hydrogens is 259 g/mol. The minimum absolute atomic E-state index is 0.579. The Balaban J connectivity index is 2.43. The third-order valence-electron chi connectivity index (χ3n) is 3.00. The molecule has 0 saturated heterocycles. The van der Waals surface area contributed by atoms with Crippen molar-refractivity contribution in [2.75, 3.05) is 7.11 Å². The first-order valence-corrected chi connectivity index (χ1v) is 6.46. The van der Waals surface area contributed by atoms with Crippen LogP contribution in [0.5, 0.6) is 5.75 Å². The molecule has 0 atom stereocenters. The van der Waals surface area contributed by atoms with Crippen molar-refractivity contribution in [1.29, 1.82) is 0 Å². The highest BCUT2D eigenvalue weighted by Gasteiger charge is 2.06. The Morgan fingerprint density at radius 2 is 2.14 bits per heavy atom. The SMILES string of the molecule is [B]c1ccc(OC)cc1C(C)=NC(=C=C)c1ccccn1. The van der Waals surface area contributed by atoms with Crippen molar-refractivity contribution in [2.24, 2.45) is 4.99 Å². The molecule has 3 nitrogen and oxygen atoms in total. The second kappa shape index (κ2) is 6.73. The molecule has 4 heteroatoms. The first-order chi connectivity index (χ1) is 10.2. The predicted octanol–water partition coefficient (Wildman–Crippen LogP) is 2.52. The van der Waals surface area contributed by atoms with Crippen LogP contribution in [-0.4, -0.2) is 25.7 Å². The second-order valence-electron chi connectivity index (χ2n) is 4.39. The van der Waals surface area contributed by atoms with Crippen molar-refractivity contribution in [3.8, 4) is 5.75 Å². The molecular formula is C17H15BN2O. The van der Waals surface area contributed by atoms with Gasteiger partial charge in [0.2, 0.25) is 0 Å². The maximum Gasteiger partial charge on any atom is 0.130 e. The van der Waals surface area contributed by atoms with Crippen molar-refractivity contribution in [2.45, 2.75) is 6.92 Å². The second-order valence-corrected chi connectivity index (χ2v) is 4.39. The zero-order valence-corrected chi connectivity index (χ0v) is 12.1. The van der Waals surface area contributed by atoms with E-state index in [1.807, 2.05) is 37.3 Å². The van der Waals surface area contributed by atoms with Crippen molar-refractivity contribution >= 4 is 24.7 Å². The molecule has 2 aromatic rings. The third kappa shape index (κ3) is 3.50. The Morgan fingerprint density at radius 3 is 2.76 bits per heavy atom. The molecule has 2 rings (SSSR count). The van der Waals surface area contributed by atoms with Crippen molar-refractivity contribution in [3.05, 3.63) is 66.2 Å². The zero-order chi connectivity index (χ0) is 15.2. The number of pyridine rings is 1.